The first-order chi connectivity index (χ1) is 15.8. The van der Waals surface area contributed by atoms with Crippen molar-refractivity contribution in [3.63, 3.8) is 0 Å². The molecule has 0 fully saturated rings. The van der Waals surface area contributed by atoms with E-state index in [1.54, 1.807) is 0 Å². The minimum absolute atomic E-state index is 1.18. The number of aryl methyl sites for hydroxylation is 4. The summed E-state index contributed by atoms with van der Waals surface area (Å²) in [4.78, 5) is 0. The zero-order chi connectivity index (χ0) is 22.7. The van der Waals surface area contributed by atoms with Crippen LogP contribution in [0.4, 0.5) is 0 Å². The summed E-state index contributed by atoms with van der Waals surface area (Å²) < 4.78 is 0. The molecule has 0 heterocycles. The minimum Gasteiger partial charge on any atom is -0.0654 e. The average molecular weight is 423 g/mol. The van der Waals surface area contributed by atoms with Crippen molar-refractivity contribution in [3.05, 3.63) is 144 Å². The van der Waals surface area contributed by atoms with Crippen LogP contribution in [0.5, 0.6) is 0 Å². The topological polar surface area (TPSA) is 0 Å². The van der Waals surface area contributed by atoms with Crippen molar-refractivity contribution in [1.82, 2.24) is 0 Å². The molecule has 0 saturated carbocycles. The molecule has 0 aliphatic carbocycles. The summed E-state index contributed by atoms with van der Waals surface area (Å²) in [7, 11) is 0. The number of rotatable bonds is 7. The molecule has 0 heteroatoms. The summed E-state index contributed by atoms with van der Waals surface area (Å²) in [5.74, 6) is 0. The molecule has 0 amide bonds. The number of hydrogen-bond acceptors (Lipinski definition) is 0. The van der Waals surface area contributed by atoms with E-state index in [0.29, 0.717) is 0 Å². The molecule has 0 aliphatic rings. The predicted octanol–water partition coefficient (Wildman–Crippen LogP) is 8.89. The van der Waals surface area contributed by atoms with Gasteiger partial charge in [-0.3, -0.25) is 0 Å². The van der Waals surface area contributed by atoms with Crippen LogP contribution in [0.2, 0.25) is 0 Å². The summed E-state index contributed by atoms with van der Waals surface area (Å²) in [6.07, 6.45) is 7.41. The fourth-order valence-corrected chi connectivity index (χ4v) is 3.35. The van der Waals surface area contributed by atoms with Gasteiger partial charge in [0.15, 0.2) is 0 Å². The van der Waals surface area contributed by atoms with E-state index < -0.39 is 0 Å². The Kier molecular flexibility index (Phi) is 13.0. The third-order valence-corrected chi connectivity index (χ3v) is 5.22. The van der Waals surface area contributed by atoms with Crippen LogP contribution in [0, 0.1) is 6.92 Å². The molecule has 0 spiro atoms. The standard InChI is InChI=1S/C15H16.C10H14.C7H8/c1-3-8-14(9-4-1)12-7-13-15-10-5-2-6-11-15;1-2-3-7-10-8-5-4-6-9-10;1-7-5-3-2-4-6-7/h1-6,8-11H,7,12-13H2;4-6,8-9H,2-3,7H2,1H3;2-6H,1H3. The molecule has 32 heavy (non-hydrogen) atoms. The Hall–Kier alpha value is -3.12. The lowest BCUT2D eigenvalue weighted by Gasteiger charge is -2.01. The lowest BCUT2D eigenvalue weighted by atomic mass is 10.0. The molecule has 4 aromatic carbocycles. The summed E-state index contributed by atoms with van der Waals surface area (Å²) in [5, 5.41) is 0. The Morgan fingerprint density at radius 1 is 0.406 bits per heavy atom. The van der Waals surface area contributed by atoms with Crippen molar-refractivity contribution in [2.45, 2.75) is 52.4 Å². The van der Waals surface area contributed by atoms with Crippen LogP contribution in [-0.2, 0) is 19.3 Å². The van der Waals surface area contributed by atoms with Gasteiger partial charge in [-0.2, -0.15) is 0 Å². The molecule has 0 saturated heterocycles. The first-order valence-electron chi connectivity index (χ1n) is 11.9. The Morgan fingerprint density at radius 3 is 1.00 bits per heavy atom. The Balaban J connectivity index is 0.000000184. The van der Waals surface area contributed by atoms with E-state index in [2.05, 4.69) is 117 Å². The molecular weight excluding hydrogens is 384 g/mol. The summed E-state index contributed by atoms with van der Waals surface area (Å²) in [6.45, 7) is 4.31. The first kappa shape index (κ1) is 25.1. The molecule has 0 unspecified atom stereocenters. The van der Waals surface area contributed by atoms with Crippen LogP contribution in [0.15, 0.2) is 121 Å². The van der Waals surface area contributed by atoms with Gasteiger partial charge in [0.1, 0.15) is 0 Å². The van der Waals surface area contributed by atoms with Gasteiger partial charge in [0.2, 0.25) is 0 Å². The van der Waals surface area contributed by atoms with E-state index in [9.17, 15) is 0 Å². The normalized spacial score (nSPS) is 9.69. The molecule has 0 nitrogen and oxygen atoms in total. The molecule has 4 aromatic rings. The van der Waals surface area contributed by atoms with Crippen LogP contribution in [0.3, 0.4) is 0 Å². The van der Waals surface area contributed by atoms with Crippen LogP contribution in [0.1, 0.15) is 48.4 Å². The maximum Gasteiger partial charge on any atom is -0.0276 e. The third kappa shape index (κ3) is 11.9. The minimum atomic E-state index is 1.18. The lowest BCUT2D eigenvalue weighted by Crippen LogP contribution is -1.89. The number of hydrogen-bond donors (Lipinski definition) is 0. The first-order valence-corrected chi connectivity index (χ1v) is 11.9. The van der Waals surface area contributed by atoms with E-state index in [0.717, 1.165) is 0 Å². The van der Waals surface area contributed by atoms with Gasteiger partial charge in [-0.05, 0) is 55.7 Å². The monoisotopic (exact) mass is 422 g/mol. The fourth-order valence-electron chi connectivity index (χ4n) is 3.35. The van der Waals surface area contributed by atoms with Gasteiger partial charge in [0.25, 0.3) is 0 Å². The second-order valence-corrected chi connectivity index (χ2v) is 8.07. The van der Waals surface area contributed by atoms with E-state index in [1.165, 1.54) is 60.8 Å². The average Bonchev–Trinajstić information content (AvgIpc) is 2.86. The zero-order valence-electron chi connectivity index (χ0n) is 19.8. The highest BCUT2D eigenvalue weighted by Gasteiger charge is 1.93. The Bertz CT molecular complexity index is 873. The summed E-state index contributed by atoms with van der Waals surface area (Å²) >= 11 is 0. The van der Waals surface area contributed by atoms with E-state index in [1.807, 2.05) is 18.2 Å². The molecule has 0 aliphatic heterocycles. The molecule has 0 atom stereocenters. The van der Waals surface area contributed by atoms with E-state index in [-0.39, 0.29) is 0 Å². The van der Waals surface area contributed by atoms with Gasteiger partial charge < -0.3 is 0 Å². The van der Waals surface area contributed by atoms with Gasteiger partial charge in [-0.25, -0.2) is 0 Å². The second kappa shape index (κ2) is 16.6. The quantitative estimate of drug-likeness (QED) is 0.279. The van der Waals surface area contributed by atoms with Crippen LogP contribution < -0.4 is 0 Å². The third-order valence-electron chi connectivity index (χ3n) is 5.22. The zero-order valence-corrected chi connectivity index (χ0v) is 19.8. The summed E-state index contributed by atoms with van der Waals surface area (Å²) in [5.41, 5.74) is 5.66. The van der Waals surface area contributed by atoms with Crippen molar-refractivity contribution >= 4 is 0 Å². The van der Waals surface area contributed by atoms with Crippen LogP contribution in [0.25, 0.3) is 0 Å². The Morgan fingerprint density at radius 2 is 0.719 bits per heavy atom. The predicted molar refractivity (Wildman–Crippen MR) is 141 cm³/mol. The smallest absolute Gasteiger partial charge is 0.0276 e. The van der Waals surface area contributed by atoms with E-state index >= 15 is 0 Å². The number of unbranched alkanes of at least 4 members (excludes halogenated alkanes) is 1. The van der Waals surface area contributed by atoms with Crippen molar-refractivity contribution < 1.29 is 0 Å². The highest BCUT2D eigenvalue weighted by molar-refractivity contribution is 5.17. The maximum absolute atomic E-state index is 2.23. The molecule has 0 bridgehead atoms. The SMILES string of the molecule is CCCCc1ccccc1.Cc1ccccc1.c1ccc(CCCc2ccccc2)cc1. The van der Waals surface area contributed by atoms with Gasteiger partial charge in [-0.1, -0.05) is 140 Å². The molecule has 166 valence electrons. The van der Waals surface area contributed by atoms with Crippen molar-refractivity contribution in [2.75, 3.05) is 0 Å². The van der Waals surface area contributed by atoms with Crippen LogP contribution in [-0.4, -0.2) is 0 Å². The van der Waals surface area contributed by atoms with Crippen molar-refractivity contribution in [3.8, 4) is 0 Å². The largest absolute Gasteiger partial charge is 0.0654 e. The Labute approximate surface area is 196 Å². The van der Waals surface area contributed by atoms with Gasteiger partial charge >= 0.3 is 0 Å². The fraction of sp³-hybridized carbons (Fsp3) is 0.250. The maximum atomic E-state index is 2.23. The molecule has 0 radical (unpaired) electrons. The van der Waals surface area contributed by atoms with E-state index in [4.69, 9.17) is 0 Å². The second-order valence-electron chi connectivity index (χ2n) is 8.07. The highest BCUT2D eigenvalue weighted by Crippen LogP contribution is 2.07. The summed E-state index contributed by atoms with van der Waals surface area (Å²) in [6, 6.07) is 42.3. The number of benzene rings is 4. The van der Waals surface area contributed by atoms with Gasteiger partial charge in [0.05, 0.1) is 0 Å². The molecule has 0 aromatic heterocycles. The molecular formula is C32H38. The van der Waals surface area contributed by atoms with Crippen molar-refractivity contribution in [1.29, 1.82) is 0 Å². The van der Waals surface area contributed by atoms with Crippen molar-refractivity contribution in [2.24, 2.45) is 0 Å². The lowest BCUT2D eigenvalue weighted by molar-refractivity contribution is 0.795. The molecule has 0 N–H and O–H groups in total. The van der Waals surface area contributed by atoms with Crippen LogP contribution >= 0.6 is 0 Å². The molecule has 4 rings (SSSR count). The van der Waals surface area contributed by atoms with Gasteiger partial charge in [0, 0.05) is 0 Å². The van der Waals surface area contributed by atoms with Gasteiger partial charge in [-0.15, -0.1) is 0 Å². The highest BCUT2D eigenvalue weighted by atomic mass is 14.0.